The number of rotatable bonds is 6. The van der Waals surface area contributed by atoms with Gasteiger partial charge in [0, 0.05) is 19.4 Å². The smallest absolute Gasteiger partial charge is 0.303 e. The van der Waals surface area contributed by atoms with E-state index in [1.54, 1.807) is 0 Å². The van der Waals surface area contributed by atoms with Gasteiger partial charge in [0.05, 0.1) is 0 Å². The first-order chi connectivity index (χ1) is 8.01. The van der Waals surface area contributed by atoms with E-state index in [9.17, 15) is 9.59 Å². The van der Waals surface area contributed by atoms with Crippen molar-refractivity contribution in [2.45, 2.75) is 58.9 Å². The van der Waals surface area contributed by atoms with Gasteiger partial charge < -0.3 is 9.16 Å². The molecule has 0 fully saturated rings. The van der Waals surface area contributed by atoms with Crippen LogP contribution in [-0.4, -0.2) is 33.3 Å². The quantitative estimate of drug-likeness (QED) is 0.424. The van der Waals surface area contributed by atoms with E-state index in [1.165, 1.54) is 6.92 Å². The fourth-order valence-electron chi connectivity index (χ4n) is 1.12. The molecule has 2 atom stereocenters. The Bertz CT molecular complexity index is 294. The second kappa shape index (κ2) is 6.47. The normalized spacial score (nSPS) is 15.9. The zero-order valence-electron chi connectivity index (χ0n) is 12.6. The third-order valence-corrected chi connectivity index (χ3v) is 8.01. The SMILES string of the molecule is CC(=O)O[C@H](C=O)[C@@H](C)CO[Si](C)(C)C(C)(C)C. The zero-order chi connectivity index (χ0) is 14.6. The van der Waals surface area contributed by atoms with E-state index in [-0.39, 0.29) is 11.0 Å². The van der Waals surface area contributed by atoms with Crippen molar-refractivity contribution >= 4 is 20.6 Å². The molecular weight excluding hydrogens is 248 g/mol. The number of esters is 1. The second-order valence-electron chi connectivity index (χ2n) is 6.26. The van der Waals surface area contributed by atoms with Crippen molar-refractivity contribution < 1.29 is 18.8 Å². The summed E-state index contributed by atoms with van der Waals surface area (Å²) in [6, 6.07) is 0. The summed E-state index contributed by atoms with van der Waals surface area (Å²) in [5.41, 5.74) is 0. The first kappa shape index (κ1) is 17.3. The van der Waals surface area contributed by atoms with Gasteiger partial charge in [-0.3, -0.25) is 9.59 Å². The Morgan fingerprint density at radius 3 is 2.17 bits per heavy atom. The van der Waals surface area contributed by atoms with Crippen molar-refractivity contribution in [1.82, 2.24) is 0 Å². The molecule has 0 aromatic carbocycles. The predicted molar refractivity (Wildman–Crippen MR) is 73.9 cm³/mol. The zero-order valence-corrected chi connectivity index (χ0v) is 13.6. The van der Waals surface area contributed by atoms with Crippen molar-refractivity contribution in [3.05, 3.63) is 0 Å². The van der Waals surface area contributed by atoms with E-state index in [0.717, 1.165) is 0 Å². The molecule has 0 radical (unpaired) electrons. The van der Waals surface area contributed by atoms with Gasteiger partial charge in [0.25, 0.3) is 0 Å². The minimum Gasteiger partial charge on any atom is -0.454 e. The van der Waals surface area contributed by atoms with E-state index >= 15 is 0 Å². The Hall–Kier alpha value is -0.683. The van der Waals surface area contributed by atoms with Gasteiger partial charge in [-0.1, -0.05) is 27.7 Å². The number of hydrogen-bond donors (Lipinski definition) is 0. The molecule has 0 amide bonds. The average molecular weight is 274 g/mol. The maximum Gasteiger partial charge on any atom is 0.303 e. The molecule has 0 bridgehead atoms. The highest BCUT2D eigenvalue weighted by Crippen LogP contribution is 2.36. The molecule has 0 saturated heterocycles. The molecule has 0 heterocycles. The summed E-state index contributed by atoms with van der Waals surface area (Å²) in [7, 11) is -1.82. The van der Waals surface area contributed by atoms with Crippen molar-refractivity contribution in [3.8, 4) is 0 Å². The highest BCUT2D eigenvalue weighted by Gasteiger charge is 2.37. The Labute approximate surface area is 111 Å². The Kier molecular flexibility index (Phi) is 6.23. The van der Waals surface area contributed by atoms with Crippen LogP contribution in [0.5, 0.6) is 0 Å². The molecule has 5 heteroatoms. The van der Waals surface area contributed by atoms with E-state index in [2.05, 4.69) is 33.9 Å². The number of ether oxygens (including phenoxy) is 1. The number of hydrogen-bond acceptors (Lipinski definition) is 4. The van der Waals surface area contributed by atoms with E-state index in [0.29, 0.717) is 12.9 Å². The predicted octanol–water partition coefficient (Wildman–Crippen LogP) is 2.77. The third kappa shape index (κ3) is 5.31. The Balaban J connectivity index is 4.44. The summed E-state index contributed by atoms with van der Waals surface area (Å²) in [4.78, 5) is 21.7. The fraction of sp³-hybridized carbons (Fsp3) is 0.846. The lowest BCUT2D eigenvalue weighted by Crippen LogP contribution is -2.43. The van der Waals surface area contributed by atoms with Crippen molar-refractivity contribution in [3.63, 3.8) is 0 Å². The van der Waals surface area contributed by atoms with E-state index in [1.807, 2.05) is 6.92 Å². The number of carbonyl (C=O) groups excluding carboxylic acids is 2. The summed E-state index contributed by atoms with van der Waals surface area (Å²) in [5, 5.41) is 0.130. The van der Waals surface area contributed by atoms with Gasteiger partial charge in [0.2, 0.25) is 0 Å². The van der Waals surface area contributed by atoms with E-state index < -0.39 is 20.4 Å². The van der Waals surface area contributed by atoms with Gasteiger partial charge in [0.15, 0.2) is 20.7 Å². The fourth-order valence-corrected chi connectivity index (χ4v) is 2.23. The van der Waals surface area contributed by atoms with Crippen LogP contribution in [0.2, 0.25) is 18.1 Å². The molecule has 0 spiro atoms. The molecule has 0 aliphatic heterocycles. The third-order valence-electron chi connectivity index (χ3n) is 3.51. The lowest BCUT2D eigenvalue weighted by Gasteiger charge is -2.37. The van der Waals surface area contributed by atoms with Crippen molar-refractivity contribution in [2.24, 2.45) is 5.92 Å². The summed E-state index contributed by atoms with van der Waals surface area (Å²) in [5.74, 6) is -0.563. The summed E-state index contributed by atoms with van der Waals surface area (Å²) in [6.07, 6.45) is -0.0478. The van der Waals surface area contributed by atoms with Gasteiger partial charge in [-0.25, -0.2) is 0 Å². The second-order valence-corrected chi connectivity index (χ2v) is 11.1. The lowest BCUT2D eigenvalue weighted by molar-refractivity contribution is -0.152. The van der Waals surface area contributed by atoms with Crippen LogP contribution in [0.25, 0.3) is 0 Å². The van der Waals surface area contributed by atoms with Gasteiger partial charge in [-0.2, -0.15) is 0 Å². The first-order valence-corrected chi connectivity index (χ1v) is 9.18. The molecule has 18 heavy (non-hydrogen) atoms. The minimum atomic E-state index is -1.82. The molecule has 0 aromatic rings. The molecular formula is C13H26O4Si. The molecule has 0 unspecified atom stereocenters. The molecule has 0 saturated carbocycles. The van der Waals surface area contributed by atoms with Gasteiger partial charge >= 0.3 is 5.97 Å². The van der Waals surface area contributed by atoms with Crippen LogP contribution < -0.4 is 0 Å². The molecule has 106 valence electrons. The number of carbonyl (C=O) groups is 2. The highest BCUT2D eigenvalue weighted by atomic mass is 28.4. The largest absolute Gasteiger partial charge is 0.454 e. The van der Waals surface area contributed by atoms with Crippen LogP contribution in [0.15, 0.2) is 0 Å². The average Bonchev–Trinajstić information content (AvgIpc) is 2.20. The Morgan fingerprint density at radius 1 is 1.33 bits per heavy atom. The molecule has 0 aliphatic rings. The van der Waals surface area contributed by atoms with Gasteiger partial charge in [-0.15, -0.1) is 0 Å². The monoisotopic (exact) mass is 274 g/mol. The topological polar surface area (TPSA) is 52.6 Å². The van der Waals surface area contributed by atoms with Crippen LogP contribution in [0.3, 0.4) is 0 Å². The molecule has 0 N–H and O–H groups in total. The summed E-state index contributed by atoms with van der Waals surface area (Å²) in [6.45, 7) is 14.4. The van der Waals surface area contributed by atoms with Gasteiger partial charge in [0.1, 0.15) is 0 Å². The van der Waals surface area contributed by atoms with Crippen LogP contribution in [0.4, 0.5) is 0 Å². The van der Waals surface area contributed by atoms with E-state index in [4.69, 9.17) is 9.16 Å². The first-order valence-electron chi connectivity index (χ1n) is 6.27. The Morgan fingerprint density at radius 2 is 1.83 bits per heavy atom. The van der Waals surface area contributed by atoms with Gasteiger partial charge in [-0.05, 0) is 18.1 Å². The lowest BCUT2D eigenvalue weighted by atomic mass is 10.1. The maximum absolute atomic E-state index is 10.9. The maximum atomic E-state index is 10.9. The van der Waals surface area contributed by atoms with Crippen molar-refractivity contribution in [2.75, 3.05) is 6.61 Å². The standard InChI is InChI=1S/C13H26O4Si/c1-10(12(8-14)17-11(2)15)9-16-18(6,7)13(3,4)5/h8,10,12H,9H2,1-7H3/t10-,12+/m0/s1. The minimum absolute atomic E-state index is 0.125. The van der Waals surface area contributed by atoms with Crippen LogP contribution in [-0.2, 0) is 18.8 Å². The summed E-state index contributed by atoms with van der Waals surface area (Å²) < 4.78 is 10.9. The van der Waals surface area contributed by atoms with Crippen LogP contribution >= 0.6 is 0 Å². The van der Waals surface area contributed by atoms with Crippen LogP contribution in [0, 0.1) is 5.92 Å². The van der Waals surface area contributed by atoms with Crippen molar-refractivity contribution in [1.29, 1.82) is 0 Å². The molecule has 0 rings (SSSR count). The summed E-state index contributed by atoms with van der Waals surface area (Å²) >= 11 is 0. The molecule has 4 nitrogen and oxygen atoms in total. The molecule has 0 aliphatic carbocycles. The molecule has 0 aromatic heterocycles. The van der Waals surface area contributed by atoms with Crippen LogP contribution in [0.1, 0.15) is 34.6 Å². The highest BCUT2D eigenvalue weighted by molar-refractivity contribution is 6.74. The number of aldehydes is 1.